The van der Waals surface area contributed by atoms with Gasteiger partial charge >= 0.3 is 84.0 Å². The molecular weight excluding hydrogens is 401 g/mol. The number of hydrogen-bond donors (Lipinski definition) is 1. The Kier molecular flexibility index (Phi) is 6.21. The third kappa shape index (κ3) is 4.22. The van der Waals surface area contributed by atoms with Gasteiger partial charge in [-0.1, -0.05) is 0 Å². The molecule has 24 heavy (non-hydrogen) atoms. The number of carbonyl (C=O) groups excluding carboxylic acids is 2. The van der Waals surface area contributed by atoms with Crippen molar-refractivity contribution in [1.82, 2.24) is 5.32 Å². The summed E-state index contributed by atoms with van der Waals surface area (Å²) in [4.78, 5) is 20.2. The molecule has 1 N–H and O–H groups in total. The van der Waals surface area contributed by atoms with Crippen LogP contribution in [0.1, 0.15) is 12.8 Å². The van der Waals surface area contributed by atoms with Gasteiger partial charge in [-0.2, -0.15) is 0 Å². The Morgan fingerprint density at radius 2 is 1.04 bits per heavy atom. The first-order chi connectivity index (χ1) is 10.3. The Morgan fingerprint density at radius 1 is 0.708 bits per heavy atom. The van der Waals surface area contributed by atoms with E-state index in [0.29, 0.717) is 12.8 Å². The molecule has 0 atom stereocenters. The third-order valence-corrected chi connectivity index (χ3v) is 3.38. The molecule has 0 aromatic carbocycles. The molecule has 1 aliphatic rings. The fourth-order valence-electron chi connectivity index (χ4n) is 1.06. The second kappa shape index (κ2) is 6.56. The van der Waals surface area contributed by atoms with Crippen LogP contribution in [0.15, 0.2) is 0 Å². The largest absolute Gasteiger partial charge is 0.296 e. The van der Waals surface area contributed by atoms with Crippen LogP contribution in [0.25, 0.3) is 0 Å². The molecule has 0 radical (unpaired) electrons. The van der Waals surface area contributed by atoms with E-state index in [1.165, 1.54) is 0 Å². The summed E-state index contributed by atoms with van der Waals surface area (Å²) in [5, 5.41) is 2.14. The van der Waals surface area contributed by atoms with Gasteiger partial charge in [0.25, 0.3) is 0 Å². The number of halogens is 12. The zero-order valence-electron chi connectivity index (χ0n) is 10.8. The van der Waals surface area contributed by atoms with Gasteiger partial charge < -0.3 is 0 Å². The second-order valence-corrected chi connectivity index (χ2v) is 5.81. The van der Waals surface area contributed by atoms with Gasteiger partial charge in [0.05, 0.1) is 0 Å². The predicted octanol–water partition coefficient (Wildman–Crippen LogP) is 4.24. The Morgan fingerprint density at radius 3 is 1.21 bits per heavy atom. The fraction of sp³-hybridized carbons (Fsp3) is 0.750. The van der Waals surface area contributed by atoms with Crippen molar-refractivity contribution in [2.45, 2.75) is 36.5 Å². The maximum Gasteiger partial charge on any atom is 0.227 e. The summed E-state index contributed by atoms with van der Waals surface area (Å²) in [7, 11) is -8.77. The zero-order valence-corrected chi connectivity index (χ0v) is 11.8. The molecule has 2 amide bonds. The van der Waals surface area contributed by atoms with Crippen molar-refractivity contribution >= 4 is 20.0 Å². The normalized spacial score (nSPS) is 18.0. The molecular formula is C8H6F12NO2P. The number of carbonyl (C=O) groups is 2. The molecule has 0 bridgehead atoms. The van der Waals surface area contributed by atoms with Gasteiger partial charge in [0.1, 0.15) is 0 Å². The molecule has 0 saturated carbocycles. The summed E-state index contributed by atoms with van der Waals surface area (Å²) in [5.41, 5.74) is -7.39. The van der Waals surface area contributed by atoms with E-state index in [4.69, 9.17) is 0 Å². The number of rotatable bonds is 3. The molecule has 1 heterocycles. The van der Waals surface area contributed by atoms with Gasteiger partial charge in [0.2, 0.25) is 11.8 Å². The molecule has 0 spiro atoms. The fourth-order valence-corrected chi connectivity index (χ4v) is 1.57. The molecule has 0 aromatic heterocycles. The van der Waals surface area contributed by atoms with Crippen LogP contribution in [0.4, 0.5) is 52.1 Å². The predicted molar refractivity (Wildman–Crippen MR) is 54.9 cm³/mol. The second-order valence-electron chi connectivity index (χ2n) is 4.19. The maximum atomic E-state index is 12.1. The van der Waals surface area contributed by atoms with Crippen LogP contribution in [0.5, 0.6) is 0 Å². The van der Waals surface area contributed by atoms with Crippen molar-refractivity contribution in [2.24, 2.45) is 0 Å². The minimum absolute atomic E-state index is 0.148. The number of amides is 2. The molecule has 1 fully saturated rings. The summed E-state index contributed by atoms with van der Waals surface area (Å²) in [6, 6.07) is 0. The molecule has 3 nitrogen and oxygen atoms in total. The average molecular weight is 407 g/mol. The summed E-state index contributed by atoms with van der Waals surface area (Å²) in [6.45, 7) is 0. The molecule has 16 heteroatoms. The summed E-state index contributed by atoms with van der Waals surface area (Å²) < 4.78 is 140. The van der Waals surface area contributed by atoms with Gasteiger partial charge in [-0.25, -0.2) is 0 Å². The van der Waals surface area contributed by atoms with Crippen molar-refractivity contribution < 1.29 is 61.7 Å². The summed E-state index contributed by atoms with van der Waals surface area (Å²) in [6.07, 6.45) is -6.49. The SMILES string of the molecule is FC(F)(F)C(F)(F)C(F)(F)C(F)(F)[PH](F)(F)F.O=C1CCC(=O)N1. The number of imide groups is 1. The smallest absolute Gasteiger partial charge is 0.227 e. The van der Waals surface area contributed by atoms with Crippen LogP contribution in [0.3, 0.4) is 0 Å². The Labute approximate surface area is 125 Å². The molecule has 1 saturated heterocycles. The van der Waals surface area contributed by atoms with E-state index in [9.17, 15) is 61.7 Å². The van der Waals surface area contributed by atoms with E-state index in [1.54, 1.807) is 0 Å². The summed E-state index contributed by atoms with van der Waals surface area (Å²) >= 11 is 0. The molecule has 0 aliphatic carbocycles. The van der Waals surface area contributed by atoms with Crippen molar-refractivity contribution in [1.29, 1.82) is 0 Å². The van der Waals surface area contributed by atoms with Crippen molar-refractivity contribution in [2.75, 3.05) is 0 Å². The third-order valence-electron chi connectivity index (χ3n) is 2.36. The number of hydrogen-bond acceptors (Lipinski definition) is 2. The maximum absolute atomic E-state index is 12.1. The van der Waals surface area contributed by atoms with Gasteiger partial charge in [-0.05, 0) is 0 Å². The molecule has 0 aromatic rings. The van der Waals surface area contributed by atoms with Crippen molar-refractivity contribution in [3.05, 3.63) is 0 Å². The average Bonchev–Trinajstić information content (AvgIpc) is 2.70. The Balaban J connectivity index is 0.000000620. The van der Waals surface area contributed by atoms with Crippen LogP contribution in [-0.2, 0) is 9.59 Å². The molecule has 0 unspecified atom stereocenters. The quantitative estimate of drug-likeness (QED) is 0.432. The van der Waals surface area contributed by atoms with Crippen LogP contribution < -0.4 is 5.32 Å². The van der Waals surface area contributed by atoms with Crippen LogP contribution in [0.2, 0.25) is 0 Å². The monoisotopic (exact) mass is 407 g/mol. The van der Waals surface area contributed by atoms with E-state index in [0.717, 1.165) is 0 Å². The van der Waals surface area contributed by atoms with E-state index < -0.39 is 31.9 Å². The van der Waals surface area contributed by atoms with Crippen molar-refractivity contribution in [3.63, 3.8) is 0 Å². The molecule has 144 valence electrons. The minimum atomic E-state index is -8.77. The Hall–Kier alpha value is -1.27. The van der Waals surface area contributed by atoms with E-state index in [-0.39, 0.29) is 11.8 Å². The first-order valence-corrected chi connectivity index (χ1v) is 7.02. The van der Waals surface area contributed by atoms with Crippen molar-refractivity contribution in [3.8, 4) is 0 Å². The van der Waals surface area contributed by atoms with E-state index in [2.05, 4.69) is 5.32 Å². The van der Waals surface area contributed by atoms with Gasteiger partial charge in [-0.15, -0.1) is 0 Å². The van der Waals surface area contributed by atoms with Crippen LogP contribution in [0, 0.1) is 0 Å². The number of nitrogens with one attached hydrogen (secondary N) is 1. The summed E-state index contributed by atoms with van der Waals surface area (Å²) in [5.74, 6) is -15.4. The van der Waals surface area contributed by atoms with Crippen LogP contribution in [-0.4, -0.2) is 35.5 Å². The van der Waals surface area contributed by atoms with E-state index >= 15 is 0 Å². The van der Waals surface area contributed by atoms with Gasteiger partial charge in [0, 0.05) is 12.8 Å². The Bertz CT molecular complexity index is 454. The first kappa shape index (κ1) is 22.7. The standard InChI is InChI=1S/C4HF12P.C4H5NO2/c5-1(6,3(9,10)11)2(7,8)4(12,13)17(14,15)16;6-3-1-2-4(7)5-3/h17H;1-2H2,(H,5,6,7). The topological polar surface area (TPSA) is 46.2 Å². The van der Waals surface area contributed by atoms with E-state index in [1.807, 2.05) is 0 Å². The van der Waals surface area contributed by atoms with Gasteiger partial charge in [-0.3, -0.25) is 14.9 Å². The van der Waals surface area contributed by atoms with Gasteiger partial charge in [0.15, 0.2) is 0 Å². The number of alkyl halides is 9. The molecule has 1 aliphatic heterocycles. The zero-order chi connectivity index (χ0) is 19.8. The first-order valence-electron chi connectivity index (χ1n) is 5.38. The van der Waals surface area contributed by atoms with Crippen LogP contribution >= 0.6 is 8.19 Å². The minimum Gasteiger partial charge on any atom is -0.296 e. The molecule has 1 rings (SSSR count).